The molecule has 0 aliphatic carbocycles. The van der Waals surface area contributed by atoms with Crippen LogP contribution >= 0.6 is 7.82 Å². The van der Waals surface area contributed by atoms with Crippen molar-refractivity contribution in [1.82, 2.24) is 0 Å². The maximum Gasteiger partial charge on any atom is 0.466 e. The summed E-state index contributed by atoms with van der Waals surface area (Å²) in [4.78, 5) is 31.4. The maximum atomic E-state index is 9.88. The van der Waals surface area contributed by atoms with E-state index < -0.39 is 13.8 Å². The Bertz CT molecular complexity index is 297. The molecule has 8 heteroatoms. The molecular formula is C11H26NO6P. The number of rotatable bonds is 4. The molecule has 0 saturated heterocycles. The third kappa shape index (κ3) is 46.8. The molecule has 0 aromatic heterocycles. The molecule has 0 saturated carbocycles. The Labute approximate surface area is 115 Å². The van der Waals surface area contributed by atoms with Crippen LogP contribution in [0.3, 0.4) is 0 Å². The smallest absolute Gasteiger partial charge is 0.466 e. The lowest BCUT2D eigenvalue weighted by Crippen LogP contribution is -2.33. The van der Waals surface area contributed by atoms with E-state index >= 15 is 0 Å². The van der Waals surface area contributed by atoms with E-state index in [1.54, 1.807) is 0 Å². The monoisotopic (exact) mass is 299 g/mol. The molecular weight excluding hydrogens is 273 g/mol. The average molecular weight is 299 g/mol. The zero-order valence-corrected chi connectivity index (χ0v) is 13.2. The molecule has 0 heterocycles. The second kappa shape index (κ2) is 11.1. The minimum absolute atomic E-state index is 0.188. The summed E-state index contributed by atoms with van der Waals surface area (Å²) in [6, 6.07) is 0. The van der Waals surface area contributed by atoms with E-state index in [2.05, 4.69) is 34.6 Å². The minimum atomic E-state index is -4.64. The van der Waals surface area contributed by atoms with E-state index in [1.165, 1.54) is 6.54 Å². The summed E-state index contributed by atoms with van der Waals surface area (Å²) in [6.07, 6.45) is 1.34. The van der Waals surface area contributed by atoms with Crippen LogP contribution in [0.5, 0.6) is 0 Å². The molecule has 0 radical (unpaired) electrons. The summed E-state index contributed by atoms with van der Waals surface area (Å²) in [7, 11) is 1.90. The number of aliphatic carboxylic acids is 1. The van der Waals surface area contributed by atoms with Gasteiger partial charge in [-0.2, -0.15) is 0 Å². The summed E-state index contributed by atoms with van der Waals surface area (Å²) in [5.41, 5.74) is 0.188. The Morgan fingerprint density at radius 2 is 1.47 bits per heavy atom. The van der Waals surface area contributed by atoms with Crippen LogP contribution in [0, 0.1) is 0 Å². The Hall–Kier alpha value is -0.720. The highest BCUT2D eigenvalue weighted by Crippen LogP contribution is 2.25. The molecule has 0 fully saturated rings. The normalized spacial score (nSPS) is 10.5. The van der Waals surface area contributed by atoms with Crippen LogP contribution in [0.25, 0.3) is 0 Å². The number of carbonyl (C=O) groups is 1. The van der Waals surface area contributed by atoms with Crippen molar-refractivity contribution >= 4 is 13.8 Å². The largest absolute Gasteiger partial charge is 0.545 e. The molecule has 0 aliphatic heterocycles. The van der Waals surface area contributed by atoms with E-state index in [-0.39, 0.29) is 5.57 Å². The summed E-state index contributed by atoms with van der Waals surface area (Å²) in [5, 5.41) is 9.88. The second-order valence-electron chi connectivity index (χ2n) is 4.76. The van der Waals surface area contributed by atoms with Crippen LogP contribution in [0.1, 0.15) is 26.7 Å². The first-order chi connectivity index (χ1) is 8.24. The van der Waals surface area contributed by atoms with Crippen molar-refractivity contribution in [2.24, 2.45) is 0 Å². The number of hydrogen-bond donors (Lipinski definition) is 3. The number of carbonyl (C=O) groups excluding carboxylic acids is 1. The predicted octanol–water partition coefficient (Wildman–Crippen LogP) is -0.123. The average Bonchev–Trinajstić information content (AvgIpc) is 2.15. The first-order valence-electron chi connectivity index (χ1n) is 5.72. The number of phosphoric acid groups is 1. The van der Waals surface area contributed by atoms with Crippen LogP contribution in [0.15, 0.2) is 12.2 Å². The highest BCUT2D eigenvalue weighted by atomic mass is 31.2. The molecule has 3 N–H and O–H groups in total. The molecule has 0 rings (SSSR count). The molecule has 0 aliphatic rings. The Balaban J connectivity index is -0.000000209. The molecule has 0 unspecified atom stereocenters. The SMILES string of the molecule is C=C(CCC)C(=O)[O-].CC[N+](C)(C)C.O=P(O)(O)O. The maximum absolute atomic E-state index is 9.88. The molecule has 0 aromatic rings. The molecule has 0 bridgehead atoms. The van der Waals surface area contributed by atoms with Gasteiger partial charge in [0.2, 0.25) is 0 Å². The van der Waals surface area contributed by atoms with E-state index in [9.17, 15) is 9.90 Å². The van der Waals surface area contributed by atoms with Crippen LogP contribution in [-0.4, -0.2) is 52.8 Å². The van der Waals surface area contributed by atoms with Gasteiger partial charge in [-0.25, -0.2) is 4.57 Å². The summed E-state index contributed by atoms with van der Waals surface area (Å²) in [6.45, 7) is 8.57. The zero-order valence-electron chi connectivity index (χ0n) is 12.3. The van der Waals surface area contributed by atoms with Crippen molar-refractivity contribution < 1.29 is 33.6 Å². The van der Waals surface area contributed by atoms with Gasteiger partial charge in [0.15, 0.2) is 0 Å². The van der Waals surface area contributed by atoms with Gasteiger partial charge in [0, 0.05) is 0 Å². The van der Waals surface area contributed by atoms with Crippen LogP contribution in [0.4, 0.5) is 0 Å². The van der Waals surface area contributed by atoms with Crippen LogP contribution in [0.2, 0.25) is 0 Å². The van der Waals surface area contributed by atoms with Crippen molar-refractivity contribution in [3.8, 4) is 0 Å². The topological polar surface area (TPSA) is 118 Å². The van der Waals surface area contributed by atoms with Gasteiger partial charge in [0.05, 0.1) is 33.7 Å². The molecule has 0 spiro atoms. The van der Waals surface area contributed by atoms with Crippen molar-refractivity contribution in [2.75, 3.05) is 27.7 Å². The zero-order chi connectivity index (χ0) is 16.3. The number of nitrogens with zero attached hydrogens (tertiary/aromatic N) is 1. The Kier molecular flexibility index (Phi) is 13.7. The van der Waals surface area contributed by atoms with Crippen molar-refractivity contribution in [2.45, 2.75) is 26.7 Å². The first kappa shape index (κ1) is 23.4. The van der Waals surface area contributed by atoms with Gasteiger partial charge < -0.3 is 29.1 Å². The molecule has 116 valence electrons. The van der Waals surface area contributed by atoms with E-state index in [0.29, 0.717) is 6.42 Å². The third-order valence-corrected chi connectivity index (χ3v) is 1.79. The van der Waals surface area contributed by atoms with Crippen molar-refractivity contribution in [1.29, 1.82) is 0 Å². The molecule has 19 heavy (non-hydrogen) atoms. The van der Waals surface area contributed by atoms with Crippen LogP contribution in [-0.2, 0) is 9.36 Å². The quantitative estimate of drug-likeness (QED) is 0.378. The Morgan fingerprint density at radius 1 is 1.21 bits per heavy atom. The van der Waals surface area contributed by atoms with E-state index in [4.69, 9.17) is 19.2 Å². The lowest BCUT2D eigenvalue weighted by Gasteiger charge is -2.20. The van der Waals surface area contributed by atoms with Gasteiger partial charge in [-0.15, -0.1) is 0 Å². The molecule has 0 aromatic carbocycles. The van der Waals surface area contributed by atoms with Gasteiger partial charge >= 0.3 is 7.82 Å². The fourth-order valence-corrected chi connectivity index (χ4v) is 0.404. The summed E-state index contributed by atoms with van der Waals surface area (Å²) >= 11 is 0. The van der Waals surface area contributed by atoms with Gasteiger partial charge in [0.25, 0.3) is 0 Å². The van der Waals surface area contributed by atoms with Gasteiger partial charge in [-0.05, 0) is 18.9 Å². The number of carboxylic acids is 1. The van der Waals surface area contributed by atoms with Gasteiger partial charge in [0.1, 0.15) is 0 Å². The van der Waals surface area contributed by atoms with E-state index in [1.807, 2.05) is 6.92 Å². The second-order valence-corrected chi connectivity index (χ2v) is 5.79. The first-order valence-corrected chi connectivity index (χ1v) is 7.29. The van der Waals surface area contributed by atoms with Gasteiger partial charge in [-0.1, -0.05) is 19.9 Å². The highest BCUT2D eigenvalue weighted by molar-refractivity contribution is 7.45. The summed E-state index contributed by atoms with van der Waals surface area (Å²) in [5.74, 6) is -1.13. The minimum Gasteiger partial charge on any atom is -0.545 e. The molecule has 0 atom stereocenters. The van der Waals surface area contributed by atoms with Gasteiger partial charge in [-0.3, -0.25) is 0 Å². The van der Waals surface area contributed by atoms with Crippen molar-refractivity contribution in [3.63, 3.8) is 0 Å². The summed E-state index contributed by atoms with van der Waals surface area (Å²) < 4.78 is 9.95. The van der Waals surface area contributed by atoms with Crippen LogP contribution < -0.4 is 5.11 Å². The fourth-order valence-electron chi connectivity index (χ4n) is 0.404. The fraction of sp³-hybridized carbons (Fsp3) is 0.727. The number of quaternary nitrogens is 1. The predicted molar refractivity (Wildman–Crippen MR) is 71.9 cm³/mol. The lowest BCUT2D eigenvalue weighted by molar-refractivity contribution is -0.868. The lowest BCUT2D eigenvalue weighted by atomic mass is 10.2. The number of carboxylic acid groups (broad SMARTS) is 1. The number of hydrogen-bond acceptors (Lipinski definition) is 3. The molecule has 0 amide bonds. The Morgan fingerprint density at radius 3 is 1.53 bits per heavy atom. The standard InChI is InChI=1S/C6H10O2.C5H14N.H3O4P/c1-3-4-5(2)6(7)8;1-5-6(2,3)4;1-5(2,3)4/h2-4H2,1H3,(H,7,8);5H2,1-4H3;(H3,1,2,3,4)/q;+1;/p-1. The molecule has 7 nitrogen and oxygen atoms in total. The highest BCUT2D eigenvalue weighted by Gasteiger charge is 2.00. The van der Waals surface area contributed by atoms with Crippen molar-refractivity contribution in [3.05, 3.63) is 12.2 Å². The van der Waals surface area contributed by atoms with E-state index in [0.717, 1.165) is 10.9 Å². The third-order valence-electron chi connectivity index (χ3n) is 1.79.